The highest BCUT2D eigenvalue weighted by atomic mass is 35.5. The third-order valence-corrected chi connectivity index (χ3v) is 6.73. The third-order valence-electron chi connectivity index (χ3n) is 4.51. The van der Waals surface area contributed by atoms with Crippen LogP contribution in [-0.4, -0.2) is 0 Å². The smallest absolute Gasteiger partial charge is 0.414 e. The molecule has 1 N–H and O–H groups in total. The Labute approximate surface area is 187 Å². The number of rotatable bonds is 8. The molecule has 0 aliphatic carbocycles. The molecule has 0 saturated carbocycles. The zero-order valence-corrected chi connectivity index (χ0v) is 18.2. The third kappa shape index (κ3) is 5.49. The van der Waals surface area contributed by atoms with E-state index in [0.717, 1.165) is 5.69 Å². The Morgan fingerprint density at radius 1 is 0.677 bits per heavy atom. The van der Waals surface area contributed by atoms with Crippen molar-refractivity contribution in [3.8, 4) is 11.5 Å². The number of hydrogen-bond acceptors (Lipinski definition) is 4. The molecule has 4 aromatic carbocycles. The Morgan fingerprint density at radius 3 is 1.71 bits per heavy atom. The number of nitrogens with one attached hydrogen (secondary N) is 1. The molecule has 0 heterocycles. The van der Waals surface area contributed by atoms with E-state index in [-0.39, 0.29) is 0 Å². The van der Waals surface area contributed by atoms with Crippen LogP contribution < -0.4 is 14.4 Å². The van der Waals surface area contributed by atoms with Crippen LogP contribution in [-0.2, 0) is 4.57 Å². The lowest BCUT2D eigenvalue weighted by atomic mass is 10.2. The monoisotopic (exact) mass is 449 g/mol. The van der Waals surface area contributed by atoms with Crippen molar-refractivity contribution in [2.45, 2.75) is 5.78 Å². The van der Waals surface area contributed by atoms with Crippen LogP contribution in [0.15, 0.2) is 115 Å². The summed E-state index contributed by atoms with van der Waals surface area (Å²) >= 11 is 6.26. The van der Waals surface area contributed by atoms with Crippen LogP contribution in [0, 0.1) is 0 Å². The lowest BCUT2D eigenvalue weighted by molar-refractivity contribution is 0.376. The van der Waals surface area contributed by atoms with Gasteiger partial charge < -0.3 is 14.4 Å². The van der Waals surface area contributed by atoms with E-state index in [4.69, 9.17) is 20.6 Å². The average molecular weight is 450 g/mol. The lowest BCUT2D eigenvalue weighted by Gasteiger charge is -2.29. The van der Waals surface area contributed by atoms with E-state index in [1.54, 1.807) is 36.4 Å². The zero-order valence-electron chi connectivity index (χ0n) is 16.6. The topological polar surface area (TPSA) is 47.6 Å². The first-order valence-corrected chi connectivity index (χ1v) is 11.8. The van der Waals surface area contributed by atoms with Crippen molar-refractivity contribution >= 4 is 24.9 Å². The number of hydrogen-bond donors (Lipinski definition) is 1. The van der Waals surface area contributed by atoms with Crippen LogP contribution in [0.4, 0.5) is 5.69 Å². The molecule has 0 aliphatic rings. The van der Waals surface area contributed by atoms with Crippen LogP contribution >= 0.6 is 19.2 Å². The molecule has 0 aliphatic heterocycles. The highest BCUT2D eigenvalue weighted by molar-refractivity contribution is 7.55. The molecule has 0 spiro atoms. The standard InChI is InChI=1S/C25H21ClNO3P/c26-21-12-10-11-20(19-21)25(27-22-13-4-1-5-14-22)31(28,29-23-15-6-2-7-16-23)30-24-17-8-3-9-18-24/h1-19,25,27H. The SMILES string of the molecule is O=P(Oc1ccccc1)(Oc1ccccc1)C(Nc1ccccc1)c1cccc(Cl)c1. The van der Waals surface area contributed by atoms with Crippen LogP contribution in [0.2, 0.25) is 5.02 Å². The van der Waals surface area contributed by atoms with Crippen molar-refractivity contribution in [1.82, 2.24) is 0 Å². The molecule has 1 unspecified atom stereocenters. The minimum Gasteiger partial charge on any atom is -0.414 e. The summed E-state index contributed by atoms with van der Waals surface area (Å²) in [6.07, 6.45) is 0. The van der Waals surface area contributed by atoms with Crippen molar-refractivity contribution in [2.75, 3.05) is 5.32 Å². The molecule has 4 rings (SSSR count). The number of anilines is 1. The Balaban J connectivity index is 1.80. The summed E-state index contributed by atoms with van der Waals surface area (Å²) in [6.45, 7) is 0. The van der Waals surface area contributed by atoms with E-state index in [0.29, 0.717) is 22.1 Å². The van der Waals surface area contributed by atoms with Crippen molar-refractivity contribution < 1.29 is 13.6 Å². The van der Waals surface area contributed by atoms with Crippen LogP contribution in [0.25, 0.3) is 0 Å². The van der Waals surface area contributed by atoms with Gasteiger partial charge in [0.2, 0.25) is 0 Å². The minimum atomic E-state index is -3.85. The van der Waals surface area contributed by atoms with Crippen molar-refractivity contribution in [3.63, 3.8) is 0 Å². The van der Waals surface area contributed by atoms with E-state index in [2.05, 4.69) is 5.32 Å². The van der Waals surface area contributed by atoms with Gasteiger partial charge in [-0.25, -0.2) is 4.57 Å². The van der Waals surface area contributed by atoms with Crippen LogP contribution in [0.5, 0.6) is 11.5 Å². The maximum absolute atomic E-state index is 14.4. The molecule has 31 heavy (non-hydrogen) atoms. The van der Waals surface area contributed by atoms with E-state index in [9.17, 15) is 4.57 Å². The van der Waals surface area contributed by atoms with Gasteiger partial charge in [0, 0.05) is 10.7 Å². The Hall–Kier alpha value is -3.20. The second-order valence-corrected chi connectivity index (χ2v) is 9.21. The van der Waals surface area contributed by atoms with Gasteiger partial charge in [-0.05, 0) is 54.1 Å². The van der Waals surface area contributed by atoms with Gasteiger partial charge in [-0.1, -0.05) is 78.3 Å². The molecule has 0 fully saturated rings. The second kappa shape index (κ2) is 9.74. The maximum atomic E-state index is 14.4. The molecule has 4 nitrogen and oxygen atoms in total. The highest BCUT2D eigenvalue weighted by Gasteiger charge is 2.41. The van der Waals surface area contributed by atoms with E-state index in [1.165, 1.54) is 0 Å². The van der Waals surface area contributed by atoms with Gasteiger partial charge >= 0.3 is 7.60 Å². The minimum absolute atomic E-state index is 0.448. The first kappa shape index (κ1) is 21.0. The van der Waals surface area contributed by atoms with Crippen molar-refractivity contribution in [2.24, 2.45) is 0 Å². The molecular weight excluding hydrogens is 429 g/mol. The van der Waals surface area contributed by atoms with Gasteiger partial charge in [-0.2, -0.15) is 0 Å². The molecule has 4 aromatic rings. The Bertz CT molecular complexity index is 1110. The van der Waals surface area contributed by atoms with Gasteiger partial charge in [0.15, 0.2) is 5.78 Å². The van der Waals surface area contributed by atoms with E-state index in [1.807, 2.05) is 78.9 Å². The van der Waals surface area contributed by atoms with E-state index >= 15 is 0 Å². The fourth-order valence-electron chi connectivity index (χ4n) is 3.09. The van der Waals surface area contributed by atoms with Gasteiger partial charge in [-0.3, -0.25) is 0 Å². The summed E-state index contributed by atoms with van der Waals surface area (Å²) in [5, 5.41) is 3.86. The number of halogens is 1. The van der Waals surface area contributed by atoms with Gasteiger partial charge in [0.05, 0.1) is 0 Å². The average Bonchev–Trinajstić information content (AvgIpc) is 2.79. The van der Waals surface area contributed by atoms with Gasteiger partial charge in [-0.15, -0.1) is 0 Å². The summed E-state index contributed by atoms with van der Waals surface area (Å²) in [7, 11) is -3.85. The van der Waals surface area contributed by atoms with Crippen molar-refractivity contribution in [3.05, 3.63) is 126 Å². The molecule has 1 atom stereocenters. The molecule has 0 radical (unpaired) electrons. The maximum Gasteiger partial charge on any atom is 0.457 e. The fraction of sp³-hybridized carbons (Fsp3) is 0.0400. The molecule has 0 bridgehead atoms. The predicted molar refractivity (Wildman–Crippen MR) is 126 cm³/mol. The first-order chi connectivity index (χ1) is 15.1. The second-order valence-electron chi connectivity index (χ2n) is 6.82. The summed E-state index contributed by atoms with van der Waals surface area (Å²) in [6, 6.07) is 34.7. The predicted octanol–water partition coefficient (Wildman–Crippen LogP) is 7.80. The van der Waals surface area contributed by atoms with Crippen LogP contribution in [0.3, 0.4) is 0 Å². The summed E-state index contributed by atoms with van der Waals surface area (Å²) < 4.78 is 26.5. The summed E-state index contributed by atoms with van der Waals surface area (Å²) in [5.41, 5.74) is 1.47. The summed E-state index contributed by atoms with van der Waals surface area (Å²) in [4.78, 5) is 0. The zero-order chi connectivity index (χ0) is 21.5. The lowest BCUT2D eigenvalue weighted by Crippen LogP contribution is -2.18. The molecule has 156 valence electrons. The quantitative estimate of drug-likeness (QED) is 0.279. The Morgan fingerprint density at radius 2 is 1.19 bits per heavy atom. The van der Waals surface area contributed by atoms with Crippen LogP contribution in [0.1, 0.15) is 11.3 Å². The molecule has 0 aromatic heterocycles. The first-order valence-electron chi connectivity index (χ1n) is 9.78. The van der Waals surface area contributed by atoms with Crippen molar-refractivity contribution in [1.29, 1.82) is 0 Å². The van der Waals surface area contributed by atoms with Gasteiger partial charge in [0.1, 0.15) is 11.5 Å². The normalized spacial score (nSPS) is 12.0. The highest BCUT2D eigenvalue weighted by Crippen LogP contribution is 2.60. The largest absolute Gasteiger partial charge is 0.457 e. The number of benzene rings is 4. The Kier molecular flexibility index (Phi) is 6.61. The van der Waals surface area contributed by atoms with E-state index < -0.39 is 13.4 Å². The van der Waals surface area contributed by atoms with Gasteiger partial charge in [0.25, 0.3) is 0 Å². The summed E-state index contributed by atoms with van der Waals surface area (Å²) in [5.74, 6) is 0.0846. The molecular formula is C25H21ClNO3P. The fourth-order valence-corrected chi connectivity index (χ4v) is 5.21. The number of para-hydroxylation sites is 3. The molecule has 0 amide bonds. The molecule has 0 saturated heterocycles. The molecule has 6 heteroatoms.